The zero-order chi connectivity index (χ0) is 43.9. The lowest BCUT2D eigenvalue weighted by molar-refractivity contribution is 0.660. The third-order valence-electron chi connectivity index (χ3n) is 13.9. The third-order valence-corrected chi connectivity index (χ3v) is 13.9. The molecule has 0 saturated heterocycles. The first-order valence-electron chi connectivity index (χ1n) is 22.7. The van der Waals surface area contributed by atoms with Crippen LogP contribution in [0.15, 0.2) is 233 Å². The van der Waals surface area contributed by atoms with Crippen molar-refractivity contribution in [2.75, 3.05) is 4.90 Å². The van der Waals surface area contributed by atoms with Gasteiger partial charge >= 0.3 is 0 Å². The van der Waals surface area contributed by atoms with Crippen LogP contribution in [0.3, 0.4) is 0 Å². The summed E-state index contributed by atoms with van der Waals surface area (Å²) in [6.45, 7) is 4.69. The van der Waals surface area contributed by atoms with Gasteiger partial charge in [0.1, 0.15) is 22.3 Å². The summed E-state index contributed by atoms with van der Waals surface area (Å²) in [5, 5.41) is 4.56. The molecule has 10 aromatic carbocycles. The Morgan fingerprint density at radius 1 is 0.303 bits per heavy atom. The van der Waals surface area contributed by atoms with E-state index in [1.165, 1.54) is 55.6 Å². The topological polar surface area (TPSA) is 29.5 Å². The van der Waals surface area contributed by atoms with Crippen LogP contribution in [0.5, 0.6) is 0 Å². The standard InChI is InChI=1S/C63H43NO2/c1-63(2)57-15-6-3-10-51(57)52-36-35-49(39-58(52)63)64(48-33-28-45(29-34-48)50-13-9-14-55-53-11-4-8-17-60(53)66-62(50)55)47-31-26-43(27-32-47)42-20-18-40(19-21-42)41-22-24-44(25-23-41)46-30-37-61-56(38-46)54-12-5-7-16-59(54)65-61/h3-39H,1-2H3. The molecule has 1 aliphatic carbocycles. The Labute approximate surface area is 383 Å². The van der Waals surface area contributed by atoms with Gasteiger partial charge in [-0.25, -0.2) is 0 Å². The molecular formula is C63H43NO2. The van der Waals surface area contributed by atoms with Gasteiger partial charge in [0.25, 0.3) is 0 Å². The maximum Gasteiger partial charge on any atom is 0.143 e. The average molecular weight is 846 g/mol. The fraction of sp³-hybridized carbons (Fsp3) is 0.0476. The Morgan fingerprint density at radius 2 is 0.758 bits per heavy atom. The highest BCUT2D eigenvalue weighted by Crippen LogP contribution is 2.51. The Balaban J connectivity index is 0.816. The Hall–Kier alpha value is -8.40. The molecular weight excluding hydrogens is 803 g/mol. The predicted molar refractivity (Wildman–Crippen MR) is 275 cm³/mol. The van der Waals surface area contributed by atoms with Gasteiger partial charge in [0.2, 0.25) is 0 Å². The summed E-state index contributed by atoms with van der Waals surface area (Å²) < 4.78 is 12.5. The smallest absolute Gasteiger partial charge is 0.143 e. The van der Waals surface area contributed by atoms with Crippen LogP contribution in [0, 0.1) is 0 Å². The fourth-order valence-corrected chi connectivity index (χ4v) is 10.5. The second-order valence-electron chi connectivity index (χ2n) is 18.1. The zero-order valence-electron chi connectivity index (χ0n) is 36.6. The molecule has 3 heteroatoms. The molecule has 13 rings (SSSR count). The van der Waals surface area contributed by atoms with Crippen molar-refractivity contribution in [2.24, 2.45) is 0 Å². The van der Waals surface area contributed by atoms with Crippen molar-refractivity contribution < 1.29 is 8.83 Å². The second-order valence-corrected chi connectivity index (χ2v) is 18.1. The maximum absolute atomic E-state index is 6.44. The first-order chi connectivity index (χ1) is 32.4. The van der Waals surface area contributed by atoms with Crippen LogP contribution in [-0.2, 0) is 5.41 Å². The minimum atomic E-state index is -0.119. The van der Waals surface area contributed by atoms with Crippen molar-refractivity contribution in [1.29, 1.82) is 0 Å². The van der Waals surface area contributed by atoms with Crippen molar-refractivity contribution in [2.45, 2.75) is 19.3 Å². The van der Waals surface area contributed by atoms with E-state index in [0.29, 0.717) is 0 Å². The quantitative estimate of drug-likeness (QED) is 0.160. The van der Waals surface area contributed by atoms with Gasteiger partial charge in [0.15, 0.2) is 0 Å². The van der Waals surface area contributed by atoms with Crippen molar-refractivity contribution in [3.63, 3.8) is 0 Å². The largest absolute Gasteiger partial charge is 0.456 e. The van der Waals surface area contributed by atoms with Gasteiger partial charge < -0.3 is 13.7 Å². The van der Waals surface area contributed by atoms with E-state index < -0.39 is 0 Å². The number of para-hydroxylation sites is 3. The third kappa shape index (κ3) is 6.12. The van der Waals surface area contributed by atoms with Crippen molar-refractivity contribution in [3.05, 3.63) is 236 Å². The van der Waals surface area contributed by atoms with Gasteiger partial charge in [-0.2, -0.15) is 0 Å². The van der Waals surface area contributed by atoms with E-state index in [0.717, 1.165) is 72.1 Å². The molecule has 0 N–H and O–H groups in total. The zero-order valence-corrected chi connectivity index (χ0v) is 36.6. The number of hydrogen-bond acceptors (Lipinski definition) is 3. The number of fused-ring (bicyclic) bond motifs is 9. The van der Waals surface area contributed by atoms with E-state index in [2.05, 4.69) is 219 Å². The van der Waals surface area contributed by atoms with E-state index in [-0.39, 0.29) is 5.41 Å². The molecule has 0 radical (unpaired) electrons. The molecule has 312 valence electrons. The molecule has 0 fully saturated rings. The average Bonchev–Trinajstić information content (AvgIpc) is 4.02. The van der Waals surface area contributed by atoms with Crippen molar-refractivity contribution in [3.8, 4) is 55.6 Å². The van der Waals surface area contributed by atoms with Crippen LogP contribution in [-0.4, -0.2) is 0 Å². The minimum absolute atomic E-state index is 0.119. The summed E-state index contributed by atoms with van der Waals surface area (Å²) in [6.07, 6.45) is 0. The van der Waals surface area contributed by atoms with E-state index in [1.807, 2.05) is 24.3 Å². The molecule has 3 nitrogen and oxygen atoms in total. The maximum atomic E-state index is 6.44. The molecule has 12 aromatic rings. The Kier molecular flexibility index (Phi) is 8.56. The highest BCUT2D eigenvalue weighted by Gasteiger charge is 2.35. The Morgan fingerprint density at radius 3 is 1.42 bits per heavy atom. The normalized spacial score (nSPS) is 12.8. The number of nitrogens with zero attached hydrogens (tertiary/aromatic N) is 1. The number of furan rings is 2. The second kappa shape index (κ2) is 14.8. The summed E-state index contributed by atoms with van der Waals surface area (Å²) in [4.78, 5) is 2.39. The molecule has 1 aliphatic rings. The molecule has 2 aromatic heterocycles. The lowest BCUT2D eigenvalue weighted by atomic mass is 9.82. The first kappa shape index (κ1) is 38.1. The molecule has 0 atom stereocenters. The van der Waals surface area contributed by atoms with Crippen LogP contribution in [0.4, 0.5) is 17.1 Å². The highest BCUT2D eigenvalue weighted by atomic mass is 16.3. The summed E-state index contributed by atoms with van der Waals surface area (Å²) >= 11 is 0. The van der Waals surface area contributed by atoms with Gasteiger partial charge in [-0.15, -0.1) is 0 Å². The van der Waals surface area contributed by atoms with Crippen LogP contribution < -0.4 is 4.90 Å². The highest BCUT2D eigenvalue weighted by molar-refractivity contribution is 6.10. The lowest BCUT2D eigenvalue weighted by Crippen LogP contribution is -2.16. The van der Waals surface area contributed by atoms with Crippen LogP contribution in [0.25, 0.3) is 99.5 Å². The molecule has 0 aliphatic heterocycles. The van der Waals surface area contributed by atoms with Crippen LogP contribution in [0.2, 0.25) is 0 Å². The first-order valence-corrected chi connectivity index (χ1v) is 22.7. The number of hydrogen-bond donors (Lipinski definition) is 0. The lowest BCUT2D eigenvalue weighted by Gasteiger charge is -2.28. The summed E-state index contributed by atoms with van der Waals surface area (Å²) in [7, 11) is 0. The number of rotatable bonds is 7. The van der Waals surface area contributed by atoms with Gasteiger partial charge in [-0.1, -0.05) is 178 Å². The Bertz CT molecular complexity index is 3810. The van der Waals surface area contributed by atoms with E-state index in [9.17, 15) is 0 Å². The number of benzene rings is 10. The molecule has 0 amide bonds. The van der Waals surface area contributed by atoms with E-state index in [4.69, 9.17) is 8.83 Å². The summed E-state index contributed by atoms with van der Waals surface area (Å²) in [5.41, 5.74) is 21.5. The fourth-order valence-electron chi connectivity index (χ4n) is 10.5. The molecule has 0 spiro atoms. The van der Waals surface area contributed by atoms with Gasteiger partial charge in [0, 0.05) is 49.6 Å². The van der Waals surface area contributed by atoms with Crippen molar-refractivity contribution >= 4 is 60.9 Å². The molecule has 0 saturated carbocycles. The monoisotopic (exact) mass is 845 g/mol. The van der Waals surface area contributed by atoms with Crippen LogP contribution >= 0.6 is 0 Å². The van der Waals surface area contributed by atoms with E-state index >= 15 is 0 Å². The minimum Gasteiger partial charge on any atom is -0.456 e. The molecule has 0 bridgehead atoms. The van der Waals surface area contributed by atoms with Gasteiger partial charge in [0.05, 0.1) is 0 Å². The van der Waals surface area contributed by atoms with E-state index in [1.54, 1.807) is 0 Å². The molecule has 2 heterocycles. The van der Waals surface area contributed by atoms with Crippen LogP contribution in [0.1, 0.15) is 25.0 Å². The van der Waals surface area contributed by atoms with Gasteiger partial charge in [-0.05, 0) is 122 Å². The van der Waals surface area contributed by atoms with Crippen molar-refractivity contribution in [1.82, 2.24) is 0 Å². The summed E-state index contributed by atoms with van der Waals surface area (Å²) in [6, 6.07) is 81.0. The SMILES string of the molecule is CC1(C)c2ccccc2-c2ccc(N(c3ccc(-c4ccc(-c5ccc(-c6ccc7oc8ccccc8c7c6)cc5)cc4)cc3)c3ccc(-c4cccc5c4oc4ccccc45)cc3)cc21. The molecule has 66 heavy (non-hydrogen) atoms. The predicted octanol–water partition coefficient (Wildman–Crippen LogP) is 17.9. The summed E-state index contributed by atoms with van der Waals surface area (Å²) in [5.74, 6) is 0. The van der Waals surface area contributed by atoms with Gasteiger partial charge in [-0.3, -0.25) is 0 Å². The number of anilines is 3. The molecule has 0 unspecified atom stereocenters.